The van der Waals surface area contributed by atoms with Crippen LogP contribution in [0.15, 0.2) is 6.07 Å². The number of benzene rings is 1. The number of hydrogen-bond donors (Lipinski definition) is 1. The first-order chi connectivity index (χ1) is 8.31. The van der Waals surface area contributed by atoms with E-state index in [1.54, 1.807) is 0 Å². The van der Waals surface area contributed by atoms with Crippen molar-refractivity contribution in [2.75, 3.05) is 57.0 Å². The molecule has 0 radical (unpaired) electrons. The molecule has 0 spiro atoms. The predicted octanol–water partition coefficient (Wildman–Crippen LogP) is 2.15. The predicted molar refractivity (Wildman–Crippen MR) is 80.5 cm³/mol. The number of aromatic hydroxyl groups is 1. The molecule has 102 valence electrons. The second-order valence-electron chi connectivity index (χ2n) is 5.13. The van der Waals surface area contributed by atoms with Gasteiger partial charge in [0, 0.05) is 53.5 Å². The van der Waals surface area contributed by atoms with Gasteiger partial charge in [0.05, 0.1) is 11.4 Å². The lowest BCUT2D eigenvalue weighted by atomic mass is 10.0. The summed E-state index contributed by atoms with van der Waals surface area (Å²) >= 11 is 0. The summed E-state index contributed by atoms with van der Waals surface area (Å²) in [5, 5.41) is 10.4. The first-order valence-corrected chi connectivity index (χ1v) is 6.22. The van der Waals surface area contributed by atoms with Crippen molar-refractivity contribution in [3.05, 3.63) is 11.6 Å². The minimum absolute atomic E-state index is 0.354. The van der Waals surface area contributed by atoms with E-state index < -0.39 is 0 Å². The Labute approximate surface area is 110 Å². The van der Waals surface area contributed by atoms with Crippen LogP contribution in [0.25, 0.3) is 0 Å². The highest BCUT2D eigenvalue weighted by Crippen LogP contribution is 2.43. The van der Waals surface area contributed by atoms with Gasteiger partial charge in [-0.05, 0) is 12.5 Å². The number of nitrogens with zero attached hydrogens (tertiary/aromatic N) is 3. The summed E-state index contributed by atoms with van der Waals surface area (Å²) in [5.41, 5.74) is 4.09. The summed E-state index contributed by atoms with van der Waals surface area (Å²) < 4.78 is 0. The fourth-order valence-electron chi connectivity index (χ4n) is 2.24. The molecule has 0 saturated heterocycles. The van der Waals surface area contributed by atoms with Crippen LogP contribution < -0.4 is 14.7 Å². The van der Waals surface area contributed by atoms with Crippen LogP contribution in [0.2, 0.25) is 0 Å². The van der Waals surface area contributed by atoms with Crippen molar-refractivity contribution < 1.29 is 5.11 Å². The highest BCUT2D eigenvalue weighted by molar-refractivity contribution is 5.82. The van der Waals surface area contributed by atoms with Crippen molar-refractivity contribution in [2.24, 2.45) is 0 Å². The van der Waals surface area contributed by atoms with Crippen LogP contribution in [-0.2, 0) is 6.42 Å². The molecule has 1 aromatic carbocycles. The van der Waals surface area contributed by atoms with Gasteiger partial charge < -0.3 is 19.8 Å². The number of phenols is 1. The monoisotopic (exact) mass is 251 g/mol. The molecular formula is C14H25N3O. The van der Waals surface area contributed by atoms with Gasteiger partial charge in [-0.3, -0.25) is 0 Å². The molecule has 0 fully saturated rings. The Bertz CT molecular complexity index is 426. The number of phenolic OH excluding ortho intramolecular Hbond substituents is 1. The zero-order valence-electron chi connectivity index (χ0n) is 12.6. The lowest BCUT2D eigenvalue weighted by Gasteiger charge is -2.28. The van der Waals surface area contributed by atoms with E-state index in [0.29, 0.717) is 5.75 Å². The number of rotatable bonds is 4. The lowest BCUT2D eigenvalue weighted by molar-refractivity contribution is 0.475. The molecule has 0 aliphatic heterocycles. The van der Waals surface area contributed by atoms with E-state index in [-0.39, 0.29) is 0 Å². The van der Waals surface area contributed by atoms with Gasteiger partial charge >= 0.3 is 0 Å². The second-order valence-corrected chi connectivity index (χ2v) is 5.13. The minimum atomic E-state index is 0.354. The van der Waals surface area contributed by atoms with Gasteiger partial charge in [0.2, 0.25) is 0 Å². The summed E-state index contributed by atoms with van der Waals surface area (Å²) in [4.78, 5) is 6.02. The second kappa shape index (κ2) is 5.38. The summed E-state index contributed by atoms with van der Waals surface area (Å²) in [7, 11) is 11.9. The first-order valence-electron chi connectivity index (χ1n) is 6.22. The molecule has 0 unspecified atom stereocenters. The molecule has 4 nitrogen and oxygen atoms in total. The van der Waals surface area contributed by atoms with Gasteiger partial charge in [-0.1, -0.05) is 6.92 Å². The van der Waals surface area contributed by atoms with Crippen molar-refractivity contribution in [1.29, 1.82) is 0 Å². The average Bonchev–Trinajstić information content (AvgIpc) is 2.26. The molecule has 1 rings (SSSR count). The van der Waals surface area contributed by atoms with Crippen LogP contribution in [0.1, 0.15) is 12.5 Å². The van der Waals surface area contributed by atoms with E-state index >= 15 is 0 Å². The van der Waals surface area contributed by atoms with Crippen molar-refractivity contribution in [3.8, 4) is 5.75 Å². The van der Waals surface area contributed by atoms with Crippen molar-refractivity contribution in [1.82, 2.24) is 0 Å². The van der Waals surface area contributed by atoms with E-state index in [2.05, 4.69) is 11.8 Å². The normalized spacial score (nSPS) is 10.4. The van der Waals surface area contributed by atoms with Crippen LogP contribution in [-0.4, -0.2) is 47.4 Å². The molecule has 0 bridgehead atoms. The van der Waals surface area contributed by atoms with Crippen molar-refractivity contribution >= 4 is 17.1 Å². The smallest absolute Gasteiger partial charge is 0.162 e. The largest absolute Gasteiger partial charge is 0.504 e. The molecule has 0 aliphatic rings. The van der Waals surface area contributed by atoms with E-state index in [1.165, 1.54) is 5.56 Å². The highest BCUT2D eigenvalue weighted by atomic mass is 16.3. The Balaban J connectivity index is 3.64. The van der Waals surface area contributed by atoms with Crippen LogP contribution >= 0.6 is 0 Å². The summed E-state index contributed by atoms with van der Waals surface area (Å²) in [6.07, 6.45) is 0.891. The van der Waals surface area contributed by atoms with Gasteiger partial charge in [0.25, 0.3) is 0 Å². The fourth-order valence-corrected chi connectivity index (χ4v) is 2.24. The fraction of sp³-hybridized carbons (Fsp3) is 0.571. The zero-order chi connectivity index (χ0) is 14.0. The number of hydrogen-bond acceptors (Lipinski definition) is 4. The Morgan fingerprint density at radius 3 is 1.72 bits per heavy atom. The molecule has 0 heterocycles. The molecule has 0 amide bonds. The van der Waals surface area contributed by atoms with Crippen LogP contribution in [0.4, 0.5) is 17.1 Å². The third kappa shape index (κ3) is 2.47. The van der Waals surface area contributed by atoms with Gasteiger partial charge in [-0.15, -0.1) is 0 Å². The van der Waals surface area contributed by atoms with E-state index in [4.69, 9.17) is 0 Å². The first kappa shape index (κ1) is 14.5. The topological polar surface area (TPSA) is 30.0 Å². The lowest BCUT2D eigenvalue weighted by Crippen LogP contribution is -2.19. The quantitative estimate of drug-likeness (QED) is 0.888. The molecule has 0 atom stereocenters. The van der Waals surface area contributed by atoms with E-state index in [9.17, 15) is 5.11 Å². The Morgan fingerprint density at radius 2 is 1.39 bits per heavy atom. The molecule has 18 heavy (non-hydrogen) atoms. The SMILES string of the molecule is CCc1c(N(C)C)cc(N(C)C)c(O)c1N(C)C. The maximum absolute atomic E-state index is 10.4. The van der Waals surface area contributed by atoms with Gasteiger partial charge in [-0.25, -0.2) is 0 Å². The van der Waals surface area contributed by atoms with Crippen molar-refractivity contribution in [2.45, 2.75) is 13.3 Å². The maximum atomic E-state index is 10.4. The molecule has 1 N–H and O–H groups in total. The Hall–Kier alpha value is -1.58. The van der Waals surface area contributed by atoms with Gasteiger partial charge in [0.1, 0.15) is 0 Å². The Morgan fingerprint density at radius 1 is 0.889 bits per heavy atom. The standard InChI is InChI=1S/C14H25N3O/c1-8-10-11(15(2)3)9-12(16(4)5)14(18)13(10)17(6)7/h9,18H,8H2,1-7H3. The van der Waals surface area contributed by atoms with Gasteiger partial charge in [-0.2, -0.15) is 0 Å². The molecule has 1 aromatic rings. The summed E-state index contributed by atoms with van der Waals surface area (Å²) in [5.74, 6) is 0.354. The molecule has 0 aromatic heterocycles. The van der Waals surface area contributed by atoms with Crippen molar-refractivity contribution in [3.63, 3.8) is 0 Å². The maximum Gasteiger partial charge on any atom is 0.162 e. The Kier molecular flexibility index (Phi) is 4.33. The van der Waals surface area contributed by atoms with Gasteiger partial charge in [0.15, 0.2) is 5.75 Å². The third-order valence-electron chi connectivity index (χ3n) is 3.10. The summed E-state index contributed by atoms with van der Waals surface area (Å²) in [6, 6.07) is 2.04. The van der Waals surface area contributed by atoms with Crippen LogP contribution in [0.3, 0.4) is 0 Å². The molecule has 0 aliphatic carbocycles. The molecule has 4 heteroatoms. The van der Waals surface area contributed by atoms with Crippen LogP contribution in [0.5, 0.6) is 5.75 Å². The summed E-state index contributed by atoms with van der Waals surface area (Å²) in [6.45, 7) is 2.12. The van der Waals surface area contributed by atoms with E-state index in [0.717, 1.165) is 23.5 Å². The third-order valence-corrected chi connectivity index (χ3v) is 3.10. The number of anilines is 3. The molecule has 0 saturated carbocycles. The average molecular weight is 251 g/mol. The van der Waals surface area contributed by atoms with Crippen LogP contribution in [0, 0.1) is 0 Å². The minimum Gasteiger partial charge on any atom is -0.504 e. The van der Waals surface area contributed by atoms with E-state index in [1.807, 2.05) is 58.2 Å². The highest BCUT2D eigenvalue weighted by Gasteiger charge is 2.20. The zero-order valence-corrected chi connectivity index (χ0v) is 12.6. The molecular weight excluding hydrogens is 226 g/mol.